The molecule has 4 heteroatoms. The summed E-state index contributed by atoms with van der Waals surface area (Å²) in [6.07, 6.45) is 12.0. The van der Waals surface area contributed by atoms with Crippen molar-refractivity contribution in [3.63, 3.8) is 0 Å². The Morgan fingerprint density at radius 3 is 2.52 bits per heavy atom. The summed E-state index contributed by atoms with van der Waals surface area (Å²) in [4.78, 5) is 11.1. The summed E-state index contributed by atoms with van der Waals surface area (Å²) in [6, 6.07) is 0. The molecule has 0 spiro atoms. The topological polar surface area (TPSA) is 77.8 Å². The molecule has 3 fully saturated rings. The van der Waals surface area contributed by atoms with Gasteiger partial charge in [-0.25, -0.2) is 0 Å². The molecule has 0 radical (unpaired) electrons. The Morgan fingerprint density at radius 2 is 1.81 bits per heavy atom. The van der Waals surface area contributed by atoms with Crippen molar-refractivity contribution in [1.29, 1.82) is 0 Å². The number of carboxylic acids is 1. The van der Waals surface area contributed by atoms with Crippen molar-refractivity contribution in [2.24, 2.45) is 46.3 Å². The molecule has 3 N–H and O–H groups in total. The van der Waals surface area contributed by atoms with E-state index >= 15 is 0 Å². The lowest BCUT2D eigenvalue weighted by atomic mass is 9.46. The number of rotatable bonds is 6. The van der Waals surface area contributed by atoms with E-state index in [9.17, 15) is 15.0 Å². The molecule has 0 heterocycles. The van der Waals surface area contributed by atoms with E-state index in [0.717, 1.165) is 38.5 Å². The van der Waals surface area contributed by atoms with Crippen molar-refractivity contribution in [3.8, 4) is 0 Å². The van der Waals surface area contributed by atoms with Crippen molar-refractivity contribution >= 4 is 5.97 Å². The largest absolute Gasteiger partial charge is 0.481 e. The van der Waals surface area contributed by atoms with Gasteiger partial charge in [-0.2, -0.15) is 0 Å². The lowest BCUT2D eigenvalue weighted by Gasteiger charge is -2.59. The van der Waals surface area contributed by atoms with Crippen LogP contribution < -0.4 is 0 Å². The quantitative estimate of drug-likeness (QED) is 0.490. The zero-order valence-electron chi connectivity index (χ0n) is 20.0. The second kappa shape index (κ2) is 8.48. The molecule has 0 aromatic heterocycles. The van der Waals surface area contributed by atoms with Crippen LogP contribution in [0.25, 0.3) is 0 Å². The summed E-state index contributed by atoms with van der Waals surface area (Å²) in [5.41, 5.74) is 1.76. The molecule has 176 valence electrons. The van der Waals surface area contributed by atoms with Crippen molar-refractivity contribution in [3.05, 3.63) is 11.6 Å². The van der Waals surface area contributed by atoms with Crippen LogP contribution in [-0.2, 0) is 4.79 Å². The van der Waals surface area contributed by atoms with Crippen LogP contribution in [0.3, 0.4) is 0 Å². The Hall–Kier alpha value is -0.870. The third-order valence-electron chi connectivity index (χ3n) is 10.6. The van der Waals surface area contributed by atoms with E-state index in [-0.39, 0.29) is 29.0 Å². The number of hydrogen-bond acceptors (Lipinski definition) is 3. The van der Waals surface area contributed by atoms with Gasteiger partial charge in [0.05, 0.1) is 18.1 Å². The average Bonchev–Trinajstić information content (AvgIpc) is 3.06. The van der Waals surface area contributed by atoms with Crippen LogP contribution in [0.15, 0.2) is 11.6 Å². The smallest absolute Gasteiger partial charge is 0.306 e. The molecule has 4 aliphatic carbocycles. The minimum absolute atomic E-state index is 0.154. The number of aliphatic hydroxyl groups is 2. The number of aliphatic carboxylic acids is 1. The third kappa shape index (κ3) is 3.90. The number of carboxylic acid groups (broad SMARTS) is 1. The van der Waals surface area contributed by atoms with Crippen LogP contribution in [0.2, 0.25) is 0 Å². The van der Waals surface area contributed by atoms with Crippen molar-refractivity contribution in [2.45, 2.75) is 104 Å². The minimum atomic E-state index is -0.679. The first-order valence-electron chi connectivity index (χ1n) is 12.9. The average molecular weight is 433 g/mol. The molecule has 7 unspecified atom stereocenters. The minimum Gasteiger partial charge on any atom is -0.481 e. The van der Waals surface area contributed by atoms with Crippen LogP contribution >= 0.6 is 0 Å². The van der Waals surface area contributed by atoms with E-state index in [4.69, 9.17) is 5.11 Å². The number of fused-ring (bicyclic) bond motifs is 5. The van der Waals surface area contributed by atoms with E-state index in [1.807, 2.05) is 6.92 Å². The van der Waals surface area contributed by atoms with E-state index in [0.29, 0.717) is 29.6 Å². The van der Waals surface area contributed by atoms with Gasteiger partial charge >= 0.3 is 5.97 Å². The summed E-state index contributed by atoms with van der Waals surface area (Å²) in [6.45, 7) is 9.11. The molecule has 31 heavy (non-hydrogen) atoms. The molecule has 0 aromatic carbocycles. The molecular formula is C27H44O4. The predicted molar refractivity (Wildman–Crippen MR) is 122 cm³/mol. The molecule has 0 bridgehead atoms. The fraction of sp³-hybridized carbons (Fsp3) is 0.889. The van der Waals surface area contributed by atoms with Crippen LogP contribution in [0.4, 0.5) is 0 Å². The van der Waals surface area contributed by atoms with Gasteiger partial charge in [-0.15, -0.1) is 0 Å². The summed E-state index contributed by atoms with van der Waals surface area (Å²) < 4.78 is 0. The Labute approximate surface area is 188 Å². The maximum absolute atomic E-state index is 11.3. The molecule has 0 saturated heterocycles. The first kappa shape index (κ1) is 23.3. The van der Waals surface area contributed by atoms with Gasteiger partial charge in [0.2, 0.25) is 0 Å². The number of carbonyl (C=O) groups is 1. The maximum Gasteiger partial charge on any atom is 0.306 e. The first-order chi connectivity index (χ1) is 14.6. The summed E-state index contributed by atoms with van der Waals surface area (Å²) in [7, 11) is 0. The van der Waals surface area contributed by atoms with Crippen LogP contribution in [0.5, 0.6) is 0 Å². The van der Waals surface area contributed by atoms with E-state index < -0.39 is 5.97 Å². The van der Waals surface area contributed by atoms with Gasteiger partial charge in [0, 0.05) is 0 Å². The third-order valence-corrected chi connectivity index (χ3v) is 10.6. The zero-order valence-corrected chi connectivity index (χ0v) is 20.0. The summed E-state index contributed by atoms with van der Waals surface area (Å²) >= 11 is 0. The van der Waals surface area contributed by atoms with Gasteiger partial charge in [0.1, 0.15) is 0 Å². The Kier molecular flexibility index (Phi) is 6.37. The first-order valence-corrected chi connectivity index (χ1v) is 12.9. The normalized spacial score (nSPS) is 46.3. The zero-order chi connectivity index (χ0) is 22.6. The molecule has 4 nitrogen and oxygen atoms in total. The summed E-state index contributed by atoms with van der Waals surface area (Å²) in [5, 5.41) is 30.6. The maximum atomic E-state index is 11.3. The fourth-order valence-electron chi connectivity index (χ4n) is 8.68. The van der Waals surface area contributed by atoms with Gasteiger partial charge in [-0.1, -0.05) is 52.2 Å². The fourth-order valence-corrected chi connectivity index (χ4v) is 8.68. The van der Waals surface area contributed by atoms with Gasteiger partial charge in [-0.3, -0.25) is 4.79 Å². The molecular weight excluding hydrogens is 388 g/mol. The van der Waals surface area contributed by atoms with Crippen molar-refractivity contribution in [2.75, 3.05) is 0 Å². The highest BCUT2D eigenvalue weighted by atomic mass is 16.4. The van der Waals surface area contributed by atoms with E-state index in [1.165, 1.54) is 31.3 Å². The highest BCUT2D eigenvalue weighted by Crippen LogP contribution is 2.67. The Balaban J connectivity index is 1.48. The molecule has 0 aromatic rings. The van der Waals surface area contributed by atoms with Crippen molar-refractivity contribution in [1.82, 2.24) is 0 Å². The second-order valence-corrected chi connectivity index (χ2v) is 12.2. The molecule has 4 aliphatic rings. The summed E-state index contributed by atoms with van der Waals surface area (Å²) in [5.74, 6) is 1.83. The standard InChI is InChI=1S/C27H44O4/c1-16(6-5-7-17(2)25(30)31)20-8-9-21-24-22(11-13-27(20,21)4)26(3)12-10-19(28)14-18(26)15-23(24)29/h15-17,19-24,28-29H,5-14H2,1-4H3,(H,30,31)/t16?,17?,19?,20?,21?,22?,23-,24?,26+,27-/m1/s1. The highest BCUT2D eigenvalue weighted by Gasteiger charge is 2.61. The second-order valence-electron chi connectivity index (χ2n) is 12.2. The SMILES string of the molecule is CC(CCCC(C)C1CCC2C3C(CC[C@]12C)[C@@]1(C)CCC(O)CC1=C[C@H]3O)C(=O)O. The van der Waals surface area contributed by atoms with Gasteiger partial charge in [0.25, 0.3) is 0 Å². The van der Waals surface area contributed by atoms with Crippen LogP contribution in [0.1, 0.15) is 91.9 Å². The Bertz CT molecular complexity index is 716. The van der Waals surface area contributed by atoms with Gasteiger partial charge < -0.3 is 15.3 Å². The van der Waals surface area contributed by atoms with Gasteiger partial charge in [0.15, 0.2) is 0 Å². The number of hydrogen-bond donors (Lipinski definition) is 3. The lowest BCUT2D eigenvalue weighted by Crippen LogP contribution is -2.54. The van der Waals surface area contributed by atoms with E-state index in [1.54, 1.807) is 0 Å². The molecule has 0 amide bonds. The molecule has 10 atom stereocenters. The molecule has 0 aliphatic heterocycles. The van der Waals surface area contributed by atoms with E-state index in [2.05, 4.69) is 26.8 Å². The predicted octanol–water partition coefficient (Wildman–Crippen LogP) is 5.42. The van der Waals surface area contributed by atoms with Crippen molar-refractivity contribution < 1.29 is 20.1 Å². The number of aliphatic hydroxyl groups excluding tert-OH is 2. The Morgan fingerprint density at radius 1 is 1.06 bits per heavy atom. The lowest BCUT2D eigenvalue weighted by molar-refractivity contribution is -0.141. The monoisotopic (exact) mass is 432 g/mol. The van der Waals surface area contributed by atoms with Gasteiger partial charge in [-0.05, 0) is 91.8 Å². The molecule has 3 saturated carbocycles. The van der Waals surface area contributed by atoms with Crippen LogP contribution in [-0.4, -0.2) is 33.5 Å². The molecule has 4 rings (SSSR count). The van der Waals surface area contributed by atoms with Crippen LogP contribution in [0, 0.1) is 46.3 Å². The highest BCUT2D eigenvalue weighted by molar-refractivity contribution is 5.69.